The molecule has 75 heavy (non-hydrogen) atoms. The Morgan fingerprint density at radius 1 is 0.373 bits per heavy atom. The third-order valence-electron chi connectivity index (χ3n) is 15.7. The van der Waals surface area contributed by atoms with Gasteiger partial charge < -0.3 is 20.3 Å². The van der Waals surface area contributed by atoms with E-state index in [-0.39, 0.29) is 18.5 Å². The maximum Gasteiger partial charge on any atom is 0.305 e. The highest BCUT2D eigenvalue weighted by molar-refractivity contribution is 5.76. The lowest BCUT2D eigenvalue weighted by Gasteiger charge is -2.22. The lowest BCUT2D eigenvalue weighted by Crippen LogP contribution is -2.45. The average Bonchev–Trinajstić information content (AvgIpc) is 3.41. The van der Waals surface area contributed by atoms with Crippen molar-refractivity contribution in [3.8, 4) is 0 Å². The van der Waals surface area contributed by atoms with Crippen LogP contribution >= 0.6 is 0 Å². The Balaban J connectivity index is 3.41. The molecule has 0 rings (SSSR count). The average molecular weight is 1050 g/mol. The number of aliphatic hydroxyl groups is 2. The van der Waals surface area contributed by atoms with Gasteiger partial charge in [0.05, 0.1) is 25.4 Å². The van der Waals surface area contributed by atoms with Crippen LogP contribution in [0.3, 0.4) is 0 Å². The first-order valence-corrected chi connectivity index (χ1v) is 33.7. The Hall–Kier alpha value is -1.92. The molecule has 6 heteroatoms. The van der Waals surface area contributed by atoms with Crippen LogP contribution < -0.4 is 5.32 Å². The predicted octanol–water partition coefficient (Wildman–Crippen LogP) is 21.5. The van der Waals surface area contributed by atoms with Crippen molar-refractivity contribution in [3.63, 3.8) is 0 Å². The lowest BCUT2D eigenvalue weighted by atomic mass is 10.0. The van der Waals surface area contributed by atoms with Crippen molar-refractivity contribution < 1.29 is 24.5 Å². The molecule has 0 aromatic rings. The maximum absolute atomic E-state index is 12.5. The topological polar surface area (TPSA) is 95.9 Å². The van der Waals surface area contributed by atoms with Gasteiger partial charge in [0, 0.05) is 12.8 Å². The summed E-state index contributed by atoms with van der Waals surface area (Å²) in [5.41, 5.74) is 0. The van der Waals surface area contributed by atoms with Crippen LogP contribution in [0.2, 0.25) is 0 Å². The second-order valence-corrected chi connectivity index (χ2v) is 23.1. The number of allylic oxidation sites excluding steroid dienone is 6. The van der Waals surface area contributed by atoms with Crippen LogP contribution in [-0.2, 0) is 14.3 Å². The predicted molar refractivity (Wildman–Crippen MR) is 329 cm³/mol. The molecule has 0 saturated heterocycles. The van der Waals surface area contributed by atoms with Gasteiger partial charge in [-0.05, 0) is 83.5 Å². The normalized spacial score (nSPS) is 12.7. The Morgan fingerprint density at radius 3 is 1.05 bits per heavy atom. The van der Waals surface area contributed by atoms with E-state index in [2.05, 4.69) is 55.6 Å². The summed E-state index contributed by atoms with van der Waals surface area (Å²) in [6.07, 6.45) is 81.7. The van der Waals surface area contributed by atoms with E-state index in [0.29, 0.717) is 25.9 Å². The SMILES string of the molecule is CCCCC/C=C\C/C=C\CCCCCCCC(=O)OCCCCCCCCCCCCCC/C=C\CCCCCCCCCCC(=O)NC(CO)C(O)CCCCCCCCCCCCCCCCCCCCC. The molecule has 0 saturated carbocycles. The molecule has 0 aromatic carbocycles. The number of ether oxygens (including phenoxy) is 1. The summed E-state index contributed by atoms with van der Waals surface area (Å²) in [6, 6.07) is -0.546. The van der Waals surface area contributed by atoms with Crippen molar-refractivity contribution in [1.82, 2.24) is 5.32 Å². The second-order valence-electron chi connectivity index (χ2n) is 23.1. The van der Waals surface area contributed by atoms with Gasteiger partial charge in [-0.2, -0.15) is 0 Å². The third kappa shape index (κ3) is 61.2. The largest absolute Gasteiger partial charge is 0.466 e. The van der Waals surface area contributed by atoms with Crippen LogP contribution in [0.1, 0.15) is 367 Å². The first-order valence-electron chi connectivity index (χ1n) is 33.7. The van der Waals surface area contributed by atoms with E-state index in [4.69, 9.17) is 4.74 Å². The van der Waals surface area contributed by atoms with Crippen LogP contribution in [-0.4, -0.2) is 47.4 Å². The van der Waals surface area contributed by atoms with Crippen molar-refractivity contribution >= 4 is 11.9 Å². The molecule has 1 amide bonds. The summed E-state index contributed by atoms with van der Waals surface area (Å²) in [5.74, 6) is -0.0377. The molecule has 6 nitrogen and oxygen atoms in total. The van der Waals surface area contributed by atoms with Crippen molar-refractivity contribution in [3.05, 3.63) is 36.5 Å². The number of carbonyl (C=O) groups excluding carboxylic acids is 2. The highest BCUT2D eigenvalue weighted by Crippen LogP contribution is 2.18. The van der Waals surface area contributed by atoms with E-state index >= 15 is 0 Å². The zero-order valence-corrected chi connectivity index (χ0v) is 50.5. The fourth-order valence-corrected chi connectivity index (χ4v) is 10.5. The van der Waals surface area contributed by atoms with E-state index in [1.165, 1.54) is 283 Å². The Morgan fingerprint density at radius 2 is 0.667 bits per heavy atom. The zero-order valence-electron chi connectivity index (χ0n) is 50.5. The number of nitrogens with one attached hydrogen (secondary N) is 1. The molecule has 0 bridgehead atoms. The molecule has 3 N–H and O–H groups in total. The van der Waals surface area contributed by atoms with E-state index in [1.807, 2.05) is 0 Å². The molecule has 0 spiro atoms. The molecule has 0 aliphatic heterocycles. The standard InChI is InChI=1S/C69H131NO5/c1-3-5-7-9-11-13-15-17-19-20-27-30-34-37-41-45-49-53-57-61-67(72)66(65-71)70-68(73)62-58-54-50-46-42-38-35-31-28-25-23-21-22-24-26-29-32-36-40-44-48-52-56-60-64-75-69(74)63-59-55-51-47-43-39-33-18-16-14-12-10-8-6-4-2/h12,14,18,23,25,33,66-67,71-72H,3-11,13,15-17,19-22,24,26-32,34-65H2,1-2H3,(H,70,73)/b14-12-,25-23-,33-18-. The monoisotopic (exact) mass is 1050 g/mol. The molecule has 0 fully saturated rings. The van der Waals surface area contributed by atoms with Gasteiger partial charge in [-0.1, -0.05) is 307 Å². The van der Waals surface area contributed by atoms with Crippen LogP contribution in [0.4, 0.5) is 0 Å². The fraction of sp³-hybridized carbons (Fsp3) is 0.884. The Bertz CT molecular complexity index is 1210. The molecular weight excluding hydrogens is 923 g/mol. The van der Waals surface area contributed by atoms with Crippen LogP contribution in [0.25, 0.3) is 0 Å². The minimum Gasteiger partial charge on any atom is -0.466 e. The maximum atomic E-state index is 12.5. The summed E-state index contributed by atoms with van der Waals surface area (Å²) < 4.78 is 5.48. The highest BCUT2D eigenvalue weighted by Gasteiger charge is 2.20. The quantitative estimate of drug-likeness (QED) is 0.0320. The third-order valence-corrected chi connectivity index (χ3v) is 15.7. The molecule has 0 aromatic heterocycles. The molecule has 2 atom stereocenters. The molecule has 2 unspecified atom stereocenters. The Labute approximate surface area is 468 Å². The van der Waals surface area contributed by atoms with Crippen molar-refractivity contribution in [2.45, 2.75) is 379 Å². The number of esters is 1. The van der Waals surface area contributed by atoms with Gasteiger partial charge >= 0.3 is 5.97 Å². The van der Waals surface area contributed by atoms with Gasteiger partial charge in [-0.3, -0.25) is 9.59 Å². The summed E-state index contributed by atoms with van der Waals surface area (Å²) in [5, 5.41) is 23.4. The molecule has 0 radical (unpaired) electrons. The number of hydrogen-bond acceptors (Lipinski definition) is 5. The lowest BCUT2D eigenvalue weighted by molar-refractivity contribution is -0.143. The number of aliphatic hydroxyl groups excluding tert-OH is 2. The van der Waals surface area contributed by atoms with E-state index in [0.717, 1.165) is 51.4 Å². The number of rotatable bonds is 63. The molecule has 0 aliphatic rings. The summed E-state index contributed by atoms with van der Waals surface area (Å²) in [7, 11) is 0. The highest BCUT2D eigenvalue weighted by atomic mass is 16.5. The number of amides is 1. The number of unbranched alkanes of at least 4 members (excludes halogenated alkanes) is 46. The summed E-state index contributed by atoms with van der Waals surface area (Å²) in [4.78, 5) is 24.6. The zero-order chi connectivity index (χ0) is 54.3. The van der Waals surface area contributed by atoms with Crippen LogP contribution in [0.15, 0.2) is 36.5 Å². The van der Waals surface area contributed by atoms with Crippen molar-refractivity contribution in [2.75, 3.05) is 13.2 Å². The van der Waals surface area contributed by atoms with Gasteiger partial charge in [-0.25, -0.2) is 0 Å². The molecule has 442 valence electrons. The number of hydrogen-bond donors (Lipinski definition) is 3. The van der Waals surface area contributed by atoms with Gasteiger partial charge in [0.2, 0.25) is 5.91 Å². The van der Waals surface area contributed by atoms with Gasteiger partial charge in [0.15, 0.2) is 0 Å². The fourth-order valence-electron chi connectivity index (χ4n) is 10.5. The van der Waals surface area contributed by atoms with E-state index in [9.17, 15) is 19.8 Å². The number of carbonyl (C=O) groups is 2. The molecular formula is C69H131NO5. The van der Waals surface area contributed by atoms with Gasteiger partial charge in [0.1, 0.15) is 0 Å². The molecule has 0 heterocycles. The van der Waals surface area contributed by atoms with Gasteiger partial charge in [-0.15, -0.1) is 0 Å². The smallest absolute Gasteiger partial charge is 0.305 e. The minimum atomic E-state index is -0.668. The Kier molecular flexibility index (Phi) is 63.0. The van der Waals surface area contributed by atoms with E-state index < -0.39 is 12.1 Å². The molecule has 0 aliphatic carbocycles. The van der Waals surface area contributed by atoms with Crippen molar-refractivity contribution in [1.29, 1.82) is 0 Å². The first kappa shape index (κ1) is 73.1. The first-order chi connectivity index (χ1) is 37.0. The minimum absolute atomic E-state index is 0.00110. The van der Waals surface area contributed by atoms with Crippen LogP contribution in [0, 0.1) is 0 Å². The van der Waals surface area contributed by atoms with Crippen molar-refractivity contribution in [2.24, 2.45) is 0 Å². The summed E-state index contributed by atoms with van der Waals surface area (Å²) >= 11 is 0. The summed E-state index contributed by atoms with van der Waals surface area (Å²) in [6.45, 7) is 4.94. The van der Waals surface area contributed by atoms with E-state index in [1.54, 1.807) is 0 Å². The van der Waals surface area contributed by atoms with Crippen LogP contribution in [0.5, 0.6) is 0 Å². The van der Waals surface area contributed by atoms with Gasteiger partial charge in [0.25, 0.3) is 0 Å². The second kappa shape index (κ2) is 64.6.